The SMILES string of the molecule is CC(C)(C)c1ccc(/C=C2\SC(=S)N(NC(=O)c3ccc(C(C)(C)C)cc3)C2=O)cc1. The van der Waals surface area contributed by atoms with Crippen molar-refractivity contribution >= 4 is 46.2 Å². The second-order valence-electron chi connectivity index (χ2n) is 9.66. The van der Waals surface area contributed by atoms with Crippen LogP contribution in [0.1, 0.15) is 68.6 Å². The van der Waals surface area contributed by atoms with Gasteiger partial charge in [0.2, 0.25) is 0 Å². The lowest BCUT2D eigenvalue weighted by Gasteiger charge is -2.20. The molecule has 2 amide bonds. The number of nitrogens with zero attached hydrogens (tertiary/aromatic N) is 1. The molecule has 1 aliphatic rings. The summed E-state index contributed by atoms with van der Waals surface area (Å²) >= 11 is 6.51. The fourth-order valence-corrected chi connectivity index (χ4v) is 4.26. The maximum absolute atomic E-state index is 12.8. The predicted molar refractivity (Wildman–Crippen MR) is 133 cm³/mol. The minimum absolute atomic E-state index is 0.00289. The molecule has 2 aromatic rings. The zero-order valence-electron chi connectivity index (χ0n) is 18.8. The highest BCUT2D eigenvalue weighted by atomic mass is 32.2. The quantitative estimate of drug-likeness (QED) is 0.470. The molecule has 1 N–H and O–H groups in total. The van der Waals surface area contributed by atoms with Crippen molar-refractivity contribution < 1.29 is 9.59 Å². The van der Waals surface area contributed by atoms with Crippen LogP contribution in [0.5, 0.6) is 0 Å². The molecule has 2 aromatic carbocycles. The van der Waals surface area contributed by atoms with Crippen molar-refractivity contribution in [1.82, 2.24) is 10.4 Å². The number of carbonyl (C=O) groups is 2. The lowest BCUT2D eigenvalue weighted by molar-refractivity contribution is -0.123. The summed E-state index contributed by atoms with van der Waals surface area (Å²) in [5, 5.41) is 1.15. The Labute approximate surface area is 194 Å². The smallest absolute Gasteiger partial charge is 0.267 e. The average Bonchev–Trinajstić information content (AvgIpc) is 2.94. The van der Waals surface area contributed by atoms with Gasteiger partial charge in [-0.2, -0.15) is 5.01 Å². The van der Waals surface area contributed by atoms with Crippen LogP contribution < -0.4 is 5.43 Å². The van der Waals surface area contributed by atoms with Crippen LogP contribution in [0.25, 0.3) is 6.08 Å². The number of hydrazine groups is 1. The molecule has 0 unspecified atom stereocenters. The fourth-order valence-electron chi connectivity index (χ4n) is 3.08. The summed E-state index contributed by atoms with van der Waals surface area (Å²) in [5.41, 5.74) is 6.46. The first-order valence-electron chi connectivity index (χ1n) is 10.2. The van der Waals surface area contributed by atoms with Crippen molar-refractivity contribution in [1.29, 1.82) is 0 Å². The molecule has 0 aliphatic carbocycles. The standard InChI is InChI=1S/C25H28N2O2S2/c1-24(2,3)18-11-7-16(8-12-18)15-20-22(29)27(23(30)31-20)26-21(28)17-9-13-19(14-10-17)25(4,5)6/h7-15H,1-6H3,(H,26,28)/b20-15-. The molecule has 3 rings (SSSR count). The number of amides is 2. The number of hydrogen-bond donors (Lipinski definition) is 1. The molecule has 6 heteroatoms. The molecule has 0 aromatic heterocycles. The van der Waals surface area contributed by atoms with Crippen molar-refractivity contribution in [3.8, 4) is 0 Å². The Bertz CT molecular complexity index is 1040. The first-order chi connectivity index (χ1) is 14.4. The van der Waals surface area contributed by atoms with Gasteiger partial charge in [0.05, 0.1) is 4.91 Å². The Morgan fingerprint density at radius 2 is 1.39 bits per heavy atom. The van der Waals surface area contributed by atoms with Crippen LogP contribution in [0.3, 0.4) is 0 Å². The maximum atomic E-state index is 12.8. The van der Waals surface area contributed by atoms with E-state index in [1.54, 1.807) is 18.2 Å². The Hall–Kier alpha value is -2.44. The monoisotopic (exact) mass is 452 g/mol. The van der Waals surface area contributed by atoms with Crippen LogP contribution in [-0.4, -0.2) is 21.1 Å². The molecule has 0 bridgehead atoms. The summed E-state index contributed by atoms with van der Waals surface area (Å²) in [6, 6.07) is 15.5. The first-order valence-corrected chi connectivity index (χ1v) is 11.4. The molecular weight excluding hydrogens is 424 g/mol. The number of carbonyl (C=O) groups excluding carboxylic acids is 2. The topological polar surface area (TPSA) is 49.4 Å². The molecule has 1 heterocycles. The molecule has 0 spiro atoms. The largest absolute Gasteiger partial charge is 0.285 e. The van der Waals surface area contributed by atoms with E-state index in [9.17, 15) is 9.59 Å². The van der Waals surface area contributed by atoms with E-state index < -0.39 is 0 Å². The van der Waals surface area contributed by atoms with E-state index in [2.05, 4.69) is 59.1 Å². The van der Waals surface area contributed by atoms with Crippen molar-refractivity contribution in [2.45, 2.75) is 52.4 Å². The van der Waals surface area contributed by atoms with Gasteiger partial charge in [0, 0.05) is 5.56 Å². The highest BCUT2D eigenvalue weighted by Gasteiger charge is 2.33. The third kappa shape index (κ3) is 5.43. The lowest BCUT2D eigenvalue weighted by Crippen LogP contribution is -2.44. The van der Waals surface area contributed by atoms with Gasteiger partial charge in [0.25, 0.3) is 11.8 Å². The fraction of sp³-hybridized carbons (Fsp3) is 0.320. The number of hydrogen-bond acceptors (Lipinski definition) is 4. The molecule has 0 atom stereocenters. The zero-order chi connectivity index (χ0) is 23.0. The molecule has 1 fully saturated rings. The molecule has 31 heavy (non-hydrogen) atoms. The van der Waals surface area contributed by atoms with Gasteiger partial charge in [-0.05, 0) is 57.9 Å². The van der Waals surface area contributed by atoms with E-state index in [1.807, 2.05) is 24.3 Å². The Balaban J connectivity index is 1.73. The average molecular weight is 453 g/mol. The van der Waals surface area contributed by atoms with E-state index >= 15 is 0 Å². The summed E-state index contributed by atoms with van der Waals surface area (Å²) in [6.45, 7) is 12.8. The second kappa shape index (κ2) is 8.60. The van der Waals surface area contributed by atoms with Gasteiger partial charge in [-0.25, -0.2) is 0 Å². The molecule has 1 saturated heterocycles. The second-order valence-corrected chi connectivity index (χ2v) is 11.3. The molecular formula is C25H28N2O2S2. The number of rotatable bonds is 3. The predicted octanol–water partition coefficient (Wildman–Crippen LogP) is 5.83. The van der Waals surface area contributed by atoms with Crippen LogP contribution in [0.2, 0.25) is 0 Å². The highest BCUT2D eigenvalue weighted by molar-refractivity contribution is 8.26. The van der Waals surface area contributed by atoms with Crippen LogP contribution in [0.15, 0.2) is 53.4 Å². The van der Waals surface area contributed by atoms with Crippen molar-refractivity contribution in [2.24, 2.45) is 0 Å². The van der Waals surface area contributed by atoms with Crippen molar-refractivity contribution in [2.75, 3.05) is 0 Å². The van der Waals surface area contributed by atoms with E-state index in [4.69, 9.17) is 12.2 Å². The minimum Gasteiger partial charge on any atom is -0.267 e. The van der Waals surface area contributed by atoms with Crippen molar-refractivity contribution in [3.05, 3.63) is 75.7 Å². The zero-order valence-corrected chi connectivity index (χ0v) is 20.4. The van der Waals surface area contributed by atoms with Gasteiger partial charge in [0.1, 0.15) is 0 Å². The van der Waals surface area contributed by atoms with Crippen LogP contribution >= 0.6 is 24.0 Å². The summed E-state index contributed by atoms with van der Waals surface area (Å²) in [4.78, 5) is 26.0. The summed E-state index contributed by atoms with van der Waals surface area (Å²) in [6.07, 6.45) is 1.80. The third-order valence-corrected chi connectivity index (χ3v) is 6.40. The van der Waals surface area contributed by atoms with Gasteiger partial charge in [-0.15, -0.1) is 0 Å². The summed E-state index contributed by atoms with van der Waals surface area (Å²) in [5.74, 6) is -0.693. The van der Waals surface area contributed by atoms with Gasteiger partial charge in [-0.3, -0.25) is 15.0 Å². The van der Waals surface area contributed by atoms with Gasteiger partial charge in [-0.1, -0.05) is 89.7 Å². The van der Waals surface area contributed by atoms with Gasteiger partial charge >= 0.3 is 0 Å². The van der Waals surface area contributed by atoms with Gasteiger partial charge in [0.15, 0.2) is 4.32 Å². The molecule has 162 valence electrons. The summed E-state index contributed by atoms with van der Waals surface area (Å²) < 4.78 is 0.308. The van der Waals surface area contributed by atoms with E-state index in [1.165, 1.54) is 17.3 Å². The summed E-state index contributed by atoms with van der Waals surface area (Å²) in [7, 11) is 0. The Morgan fingerprint density at radius 3 is 1.87 bits per heavy atom. The molecule has 0 radical (unpaired) electrons. The number of thiocarbonyl (C=S) groups is 1. The molecule has 0 saturated carbocycles. The normalized spacial score (nSPS) is 16.2. The number of thioether (sulfide) groups is 1. The first kappa shape index (κ1) is 23.2. The van der Waals surface area contributed by atoms with Gasteiger partial charge < -0.3 is 0 Å². The van der Waals surface area contributed by atoms with E-state index in [0.717, 1.165) is 16.1 Å². The molecule has 4 nitrogen and oxygen atoms in total. The van der Waals surface area contributed by atoms with Crippen molar-refractivity contribution in [3.63, 3.8) is 0 Å². The van der Waals surface area contributed by atoms with Crippen LogP contribution in [0, 0.1) is 0 Å². The minimum atomic E-state index is -0.368. The lowest BCUT2D eigenvalue weighted by atomic mass is 9.87. The van der Waals surface area contributed by atoms with E-state index in [0.29, 0.717) is 14.8 Å². The van der Waals surface area contributed by atoms with E-state index in [-0.39, 0.29) is 22.6 Å². The Morgan fingerprint density at radius 1 is 0.903 bits per heavy atom. The third-order valence-electron chi connectivity index (χ3n) is 5.09. The highest BCUT2D eigenvalue weighted by Crippen LogP contribution is 2.32. The maximum Gasteiger partial charge on any atom is 0.285 e. The number of nitrogens with one attached hydrogen (secondary N) is 1. The van der Waals surface area contributed by atoms with Crippen LogP contribution in [0.4, 0.5) is 0 Å². The van der Waals surface area contributed by atoms with Crippen LogP contribution in [-0.2, 0) is 15.6 Å². The molecule has 1 aliphatic heterocycles. The number of benzene rings is 2. The Kier molecular flexibility index (Phi) is 6.44.